The molecule has 0 fully saturated rings. The van der Waals surface area contributed by atoms with Crippen LogP contribution in [0.4, 0.5) is 5.69 Å². The number of carbonyl (C=O) groups excluding carboxylic acids is 1. The second-order valence-corrected chi connectivity index (χ2v) is 6.77. The fourth-order valence-electron chi connectivity index (χ4n) is 2.04. The zero-order chi connectivity index (χ0) is 19.2. The van der Waals surface area contributed by atoms with Crippen molar-refractivity contribution in [2.45, 2.75) is 4.90 Å². The van der Waals surface area contributed by atoms with Crippen molar-refractivity contribution >= 4 is 21.6 Å². The molecule has 0 saturated heterocycles. The predicted molar refractivity (Wildman–Crippen MR) is 95.0 cm³/mol. The zero-order valence-corrected chi connectivity index (χ0v) is 14.5. The van der Waals surface area contributed by atoms with Gasteiger partial charge in [0.2, 0.25) is 10.0 Å². The maximum atomic E-state index is 12.2. The van der Waals surface area contributed by atoms with Crippen molar-refractivity contribution in [3.05, 3.63) is 69.8 Å². The predicted octanol–water partition coefficient (Wildman–Crippen LogP) is 1.28. The summed E-state index contributed by atoms with van der Waals surface area (Å²) in [6.45, 7) is -0.215. The quantitative estimate of drug-likeness (QED) is 0.465. The number of benzene rings is 2. The van der Waals surface area contributed by atoms with Crippen molar-refractivity contribution in [2.24, 2.45) is 0 Å². The molecular weight excluding hydrogens is 358 g/mol. The van der Waals surface area contributed by atoms with Gasteiger partial charge in [-0.2, -0.15) is 4.72 Å². The van der Waals surface area contributed by atoms with E-state index in [-0.39, 0.29) is 23.0 Å². The fraction of sp³-hybridized carbons (Fsp3) is 0.118. The molecule has 0 spiro atoms. The molecule has 0 aliphatic heterocycles. The molecule has 0 unspecified atom stereocenters. The summed E-state index contributed by atoms with van der Waals surface area (Å²) in [6.07, 6.45) is 0. The second-order valence-electron chi connectivity index (χ2n) is 5.01. The van der Waals surface area contributed by atoms with Gasteiger partial charge in [-0.25, -0.2) is 8.42 Å². The van der Waals surface area contributed by atoms with Crippen LogP contribution in [0.3, 0.4) is 0 Å². The number of nitro benzene ring substituents is 1. The molecule has 1 amide bonds. The van der Waals surface area contributed by atoms with Crippen LogP contribution < -0.4 is 10.0 Å². The van der Waals surface area contributed by atoms with Crippen molar-refractivity contribution in [1.82, 2.24) is 10.0 Å². The number of nitro groups is 1. The summed E-state index contributed by atoms with van der Waals surface area (Å²) in [5.41, 5.74) is 0.518. The molecule has 0 aliphatic carbocycles. The van der Waals surface area contributed by atoms with Gasteiger partial charge in [-0.15, -0.1) is 0 Å². The molecule has 0 aliphatic rings. The Morgan fingerprint density at radius 3 is 2.62 bits per heavy atom. The molecule has 2 N–H and O–H groups in total. The lowest BCUT2D eigenvalue weighted by Gasteiger charge is -2.04. The largest absolute Gasteiger partial charge is 0.355 e. The van der Waals surface area contributed by atoms with Gasteiger partial charge in [-0.1, -0.05) is 30.0 Å². The normalized spacial score (nSPS) is 10.5. The van der Waals surface area contributed by atoms with E-state index in [1.807, 2.05) is 0 Å². The Hall–Kier alpha value is -3.22. The summed E-state index contributed by atoms with van der Waals surface area (Å²) in [7, 11) is -2.44. The minimum absolute atomic E-state index is 0.215. The number of hydrogen-bond donors (Lipinski definition) is 2. The summed E-state index contributed by atoms with van der Waals surface area (Å²) in [5, 5.41) is 13.2. The Labute approximate surface area is 150 Å². The third-order valence-corrected chi connectivity index (χ3v) is 4.71. The Kier molecular flexibility index (Phi) is 6.06. The smallest absolute Gasteiger partial charge is 0.270 e. The number of non-ortho nitro benzene ring substituents is 1. The summed E-state index contributed by atoms with van der Waals surface area (Å²) in [6, 6.07) is 11.4. The molecule has 2 rings (SSSR count). The number of rotatable bonds is 5. The average Bonchev–Trinajstić information content (AvgIpc) is 2.65. The zero-order valence-electron chi connectivity index (χ0n) is 13.7. The molecule has 134 valence electrons. The molecule has 26 heavy (non-hydrogen) atoms. The molecule has 0 atom stereocenters. The van der Waals surface area contributed by atoms with E-state index in [2.05, 4.69) is 21.9 Å². The standard InChI is InChI=1S/C17H15N3O5S/c1-18-17(21)16-10-3-2-6-13(16)7-5-11-19-26(24,25)15-9-4-8-14(12-15)20(22)23/h2-4,6,8-10,12,19H,11H2,1H3,(H,18,21). The van der Waals surface area contributed by atoms with Crippen molar-refractivity contribution in [3.63, 3.8) is 0 Å². The van der Waals surface area contributed by atoms with Crippen LogP contribution in [-0.2, 0) is 10.0 Å². The maximum Gasteiger partial charge on any atom is 0.270 e. The van der Waals surface area contributed by atoms with E-state index in [4.69, 9.17) is 0 Å². The number of carbonyl (C=O) groups is 1. The van der Waals surface area contributed by atoms with E-state index < -0.39 is 14.9 Å². The molecule has 0 aromatic heterocycles. The summed E-state index contributed by atoms with van der Waals surface area (Å²) in [5.74, 6) is 5.07. The van der Waals surface area contributed by atoms with E-state index in [0.717, 1.165) is 6.07 Å². The number of amides is 1. The minimum Gasteiger partial charge on any atom is -0.355 e. The number of hydrogen-bond acceptors (Lipinski definition) is 5. The van der Waals surface area contributed by atoms with Gasteiger partial charge in [0.15, 0.2) is 0 Å². The lowest BCUT2D eigenvalue weighted by molar-refractivity contribution is -0.385. The Morgan fingerprint density at radius 1 is 1.19 bits per heavy atom. The van der Waals surface area contributed by atoms with E-state index in [0.29, 0.717) is 11.1 Å². The van der Waals surface area contributed by atoms with Crippen LogP contribution in [0, 0.1) is 22.0 Å². The first-order chi connectivity index (χ1) is 12.3. The highest BCUT2D eigenvalue weighted by atomic mass is 32.2. The van der Waals surface area contributed by atoms with Gasteiger partial charge in [-0.3, -0.25) is 14.9 Å². The summed E-state index contributed by atoms with van der Waals surface area (Å²) >= 11 is 0. The fourth-order valence-corrected chi connectivity index (χ4v) is 3.01. The number of sulfonamides is 1. The third kappa shape index (κ3) is 4.66. The van der Waals surface area contributed by atoms with Gasteiger partial charge in [0, 0.05) is 24.7 Å². The Bertz CT molecular complexity index is 1010. The van der Waals surface area contributed by atoms with Crippen molar-refractivity contribution < 1.29 is 18.1 Å². The second kappa shape index (κ2) is 8.24. The Morgan fingerprint density at radius 2 is 1.92 bits per heavy atom. The molecular formula is C17H15N3O5S. The van der Waals surface area contributed by atoms with Gasteiger partial charge in [0.05, 0.1) is 21.9 Å². The minimum atomic E-state index is -3.94. The molecule has 2 aromatic carbocycles. The molecule has 8 nitrogen and oxygen atoms in total. The van der Waals surface area contributed by atoms with Gasteiger partial charge in [0.1, 0.15) is 0 Å². The highest BCUT2D eigenvalue weighted by molar-refractivity contribution is 7.89. The first-order valence-electron chi connectivity index (χ1n) is 7.39. The van der Waals surface area contributed by atoms with Crippen LogP contribution in [-0.4, -0.2) is 32.8 Å². The van der Waals surface area contributed by atoms with E-state index in [1.165, 1.54) is 25.2 Å². The third-order valence-electron chi connectivity index (χ3n) is 3.31. The first kappa shape index (κ1) is 19.1. The first-order valence-corrected chi connectivity index (χ1v) is 8.87. The molecule has 0 saturated carbocycles. The van der Waals surface area contributed by atoms with Crippen LogP contribution in [0.2, 0.25) is 0 Å². The molecule has 0 heterocycles. The summed E-state index contributed by atoms with van der Waals surface area (Å²) < 4.78 is 26.6. The SMILES string of the molecule is CNC(=O)c1ccccc1C#CCNS(=O)(=O)c1cccc([N+](=O)[O-])c1. The molecule has 9 heteroatoms. The van der Waals surface area contributed by atoms with Crippen molar-refractivity contribution in [3.8, 4) is 11.8 Å². The van der Waals surface area contributed by atoms with Crippen LogP contribution >= 0.6 is 0 Å². The van der Waals surface area contributed by atoms with Crippen LogP contribution in [0.25, 0.3) is 0 Å². The van der Waals surface area contributed by atoms with Crippen molar-refractivity contribution in [2.75, 3.05) is 13.6 Å². The molecule has 0 bridgehead atoms. The average molecular weight is 373 g/mol. The topological polar surface area (TPSA) is 118 Å². The van der Waals surface area contributed by atoms with Gasteiger partial charge < -0.3 is 5.32 Å². The summed E-state index contributed by atoms with van der Waals surface area (Å²) in [4.78, 5) is 21.6. The number of nitrogens with one attached hydrogen (secondary N) is 2. The highest BCUT2D eigenvalue weighted by Gasteiger charge is 2.16. The van der Waals surface area contributed by atoms with Crippen LogP contribution in [0.15, 0.2) is 53.4 Å². The van der Waals surface area contributed by atoms with Gasteiger partial charge in [0.25, 0.3) is 11.6 Å². The monoisotopic (exact) mass is 373 g/mol. The molecule has 0 radical (unpaired) electrons. The lowest BCUT2D eigenvalue weighted by Crippen LogP contribution is -2.24. The maximum absolute atomic E-state index is 12.2. The highest BCUT2D eigenvalue weighted by Crippen LogP contribution is 2.16. The van der Waals surface area contributed by atoms with E-state index in [9.17, 15) is 23.3 Å². The lowest BCUT2D eigenvalue weighted by atomic mass is 10.1. The van der Waals surface area contributed by atoms with Crippen LogP contribution in [0.1, 0.15) is 15.9 Å². The number of nitrogens with zero attached hydrogens (tertiary/aromatic N) is 1. The Balaban J connectivity index is 2.14. The van der Waals surface area contributed by atoms with E-state index >= 15 is 0 Å². The van der Waals surface area contributed by atoms with Gasteiger partial charge >= 0.3 is 0 Å². The van der Waals surface area contributed by atoms with Gasteiger partial charge in [-0.05, 0) is 18.2 Å². The van der Waals surface area contributed by atoms with E-state index in [1.54, 1.807) is 24.3 Å². The molecule has 2 aromatic rings. The van der Waals surface area contributed by atoms with Crippen LogP contribution in [0.5, 0.6) is 0 Å². The van der Waals surface area contributed by atoms with Crippen molar-refractivity contribution in [1.29, 1.82) is 0 Å².